The average Bonchev–Trinajstić information content (AvgIpc) is 2.73. The predicted molar refractivity (Wildman–Crippen MR) is 119 cm³/mol. The lowest BCUT2D eigenvalue weighted by molar-refractivity contribution is 0.0500. The van der Waals surface area contributed by atoms with Gasteiger partial charge in [0.25, 0.3) is 0 Å². The Bertz CT molecular complexity index is 925. The van der Waals surface area contributed by atoms with Crippen LogP contribution in [0, 0.1) is 0 Å². The Morgan fingerprint density at radius 3 is 2.50 bits per heavy atom. The summed E-state index contributed by atoms with van der Waals surface area (Å²) in [5.41, 5.74) is 3.12. The smallest absolute Gasteiger partial charge is 0.338 e. The standard InChI is InChI=1S/C24H26BrNO2/c1-2-3-4-5-6-10-15-28-24(27)21-17-23(18-11-8-7-9-12-18)26-22-14-13-19(25)16-20(21)22/h7-9,11-14,16-17H,2-6,10,15H2,1H3. The SMILES string of the molecule is CCCCCCCCOC(=O)c1cc(-c2ccccc2)nc2ccc(Br)cc12. The predicted octanol–water partition coefficient (Wildman–Crippen LogP) is 7.18. The number of hydrogen-bond acceptors (Lipinski definition) is 3. The molecule has 2 aromatic carbocycles. The molecule has 3 aromatic rings. The van der Waals surface area contributed by atoms with E-state index in [9.17, 15) is 4.79 Å². The molecule has 0 unspecified atom stereocenters. The zero-order chi connectivity index (χ0) is 19.8. The maximum Gasteiger partial charge on any atom is 0.338 e. The highest BCUT2D eigenvalue weighted by molar-refractivity contribution is 9.10. The molecule has 0 aliphatic rings. The first kappa shape index (κ1) is 20.5. The van der Waals surface area contributed by atoms with Crippen molar-refractivity contribution in [1.82, 2.24) is 4.98 Å². The number of rotatable bonds is 9. The Balaban J connectivity index is 1.78. The molecule has 0 N–H and O–H groups in total. The molecule has 0 saturated carbocycles. The Morgan fingerprint density at radius 1 is 0.964 bits per heavy atom. The molecule has 28 heavy (non-hydrogen) atoms. The normalized spacial score (nSPS) is 10.9. The van der Waals surface area contributed by atoms with Crippen molar-refractivity contribution in [2.75, 3.05) is 6.61 Å². The van der Waals surface area contributed by atoms with Gasteiger partial charge in [0.1, 0.15) is 0 Å². The molecule has 0 bridgehead atoms. The summed E-state index contributed by atoms with van der Waals surface area (Å²) in [4.78, 5) is 17.6. The van der Waals surface area contributed by atoms with Crippen molar-refractivity contribution in [1.29, 1.82) is 0 Å². The van der Waals surface area contributed by atoms with Gasteiger partial charge in [-0.2, -0.15) is 0 Å². The number of halogens is 1. The van der Waals surface area contributed by atoms with Gasteiger partial charge in [-0.3, -0.25) is 0 Å². The van der Waals surface area contributed by atoms with Crippen molar-refractivity contribution in [3.8, 4) is 11.3 Å². The number of aromatic nitrogens is 1. The second-order valence-electron chi connectivity index (χ2n) is 6.99. The number of esters is 1. The molecule has 146 valence electrons. The van der Waals surface area contributed by atoms with Crippen LogP contribution in [0.5, 0.6) is 0 Å². The second-order valence-corrected chi connectivity index (χ2v) is 7.90. The average molecular weight is 440 g/mol. The van der Waals surface area contributed by atoms with Crippen molar-refractivity contribution in [2.45, 2.75) is 45.4 Å². The number of fused-ring (bicyclic) bond motifs is 1. The van der Waals surface area contributed by atoms with E-state index in [0.29, 0.717) is 12.2 Å². The number of pyridine rings is 1. The largest absolute Gasteiger partial charge is 0.462 e. The van der Waals surface area contributed by atoms with E-state index in [-0.39, 0.29) is 5.97 Å². The third-order valence-electron chi connectivity index (χ3n) is 4.79. The van der Waals surface area contributed by atoms with E-state index in [1.165, 1.54) is 25.7 Å². The first-order chi connectivity index (χ1) is 13.7. The van der Waals surface area contributed by atoms with Gasteiger partial charge in [-0.15, -0.1) is 0 Å². The van der Waals surface area contributed by atoms with E-state index in [1.54, 1.807) is 0 Å². The fourth-order valence-corrected chi connectivity index (χ4v) is 3.61. The molecule has 0 fully saturated rings. The minimum absolute atomic E-state index is 0.281. The van der Waals surface area contributed by atoms with Gasteiger partial charge in [0, 0.05) is 15.4 Å². The van der Waals surface area contributed by atoms with Crippen LogP contribution in [-0.2, 0) is 4.74 Å². The molecule has 0 spiro atoms. The summed E-state index contributed by atoms with van der Waals surface area (Å²) >= 11 is 3.49. The van der Waals surface area contributed by atoms with Crippen molar-refractivity contribution in [3.63, 3.8) is 0 Å². The Hall–Kier alpha value is -2.20. The maximum absolute atomic E-state index is 12.8. The Kier molecular flexibility index (Phi) is 7.61. The lowest BCUT2D eigenvalue weighted by Gasteiger charge is -2.11. The van der Waals surface area contributed by atoms with Crippen molar-refractivity contribution in [2.24, 2.45) is 0 Å². The summed E-state index contributed by atoms with van der Waals surface area (Å²) in [6.45, 7) is 2.67. The number of benzene rings is 2. The topological polar surface area (TPSA) is 39.2 Å². The highest BCUT2D eigenvalue weighted by Crippen LogP contribution is 2.27. The number of nitrogens with zero attached hydrogens (tertiary/aromatic N) is 1. The molecular weight excluding hydrogens is 414 g/mol. The fourth-order valence-electron chi connectivity index (χ4n) is 3.25. The van der Waals surface area contributed by atoms with Crippen molar-refractivity contribution < 1.29 is 9.53 Å². The number of unbranched alkanes of at least 4 members (excludes halogenated alkanes) is 5. The van der Waals surface area contributed by atoms with E-state index in [2.05, 4.69) is 22.9 Å². The minimum Gasteiger partial charge on any atom is -0.462 e. The third-order valence-corrected chi connectivity index (χ3v) is 5.28. The Labute approximate surface area is 175 Å². The van der Waals surface area contributed by atoms with Crippen LogP contribution in [0.3, 0.4) is 0 Å². The first-order valence-corrected chi connectivity index (χ1v) is 10.8. The van der Waals surface area contributed by atoms with Crippen LogP contribution in [-0.4, -0.2) is 17.6 Å². The van der Waals surface area contributed by atoms with E-state index < -0.39 is 0 Å². The fraction of sp³-hybridized carbons (Fsp3) is 0.333. The molecule has 4 heteroatoms. The molecular formula is C24H26BrNO2. The second kappa shape index (κ2) is 10.4. The van der Waals surface area contributed by atoms with Gasteiger partial charge >= 0.3 is 5.97 Å². The molecule has 1 aromatic heterocycles. The van der Waals surface area contributed by atoms with Gasteiger partial charge in [-0.1, -0.05) is 85.3 Å². The Morgan fingerprint density at radius 2 is 1.71 bits per heavy atom. The summed E-state index contributed by atoms with van der Waals surface area (Å²) in [6.07, 6.45) is 6.99. The zero-order valence-corrected chi connectivity index (χ0v) is 17.9. The van der Waals surface area contributed by atoms with Crippen LogP contribution in [0.15, 0.2) is 59.1 Å². The van der Waals surface area contributed by atoms with Gasteiger partial charge in [0.2, 0.25) is 0 Å². The van der Waals surface area contributed by atoms with E-state index in [1.807, 2.05) is 54.6 Å². The first-order valence-electron chi connectivity index (χ1n) is 10.0. The van der Waals surface area contributed by atoms with E-state index >= 15 is 0 Å². The van der Waals surface area contributed by atoms with Crippen LogP contribution in [0.1, 0.15) is 55.8 Å². The van der Waals surface area contributed by atoms with Crippen molar-refractivity contribution >= 4 is 32.8 Å². The highest BCUT2D eigenvalue weighted by Gasteiger charge is 2.15. The van der Waals surface area contributed by atoms with Gasteiger partial charge in [-0.25, -0.2) is 9.78 Å². The molecule has 0 atom stereocenters. The van der Waals surface area contributed by atoms with Gasteiger partial charge in [-0.05, 0) is 30.7 Å². The van der Waals surface area contributed by atoms with Crippen LogP contribution in [0.25, 0.3) is 22.2 Å². The summed E-state index contributed by atoms with van der Waals surface area (Å²) in [7, 11) is 0. The number of carbonyl (C=O) groups excluding carboxylic acids is 1. The van der Waals surface area contributed by atoms with Gasteiger partial charge in [0.15, 0.2) is 0 Å². The summed E-state index contributed by atoms with van der Waals surface area (Å²) in [5, 5.41) is 0.807. The maximum atomic E-state index is 12.8. The molecule has 0 aliphatic carbocycles. The summed E-state index contributed by atoms with van der Waals surface area (Å²) in [6, 6.07) is 17.5. The molecule has 3 nitrogen and oxygen atoms in total. The lowest BCUT2D eigenvalue weighted by atomic mass is 10.0. The van der Waals surface area contributed by atoms with Gasteiger partial charge < -0.3 is 4.74 Å². The number of carbonyl (C=O) groups is 1. The van der Waals surface area contributed by atoms with Crippen LogP contribution in [0.2, 0.25) is 0 Å². The molecule has 1 heterocycles. The molecule has 3 rings (SSSR count). The minimum atomic E-state index is -0.281. The quantitative estimate of drug-likeness (QED) is 0.261. The number of hydrogen-bond donors (Lipinski definition) is 0. The number of ether oxygens (including phenoxy) is 1. The monoisotopic (exact) mass is 439 g/mol. The van der Waals surface area contributed by atoms with E-state index in [0.717, 1.165) is 39.5 Å². The molecule has 0 aliphatic heterocycles. The summed E-state index contributed by atoms with van der Waals surface area (Å²) < 4.78 is 6.51. The van der Waals surface area contributed by atoms with Crippen LogP contribution >= 0.6 is 15.9 Å². The van der Waals surface area contributed by atoms with Crippen LogP contribution < -0.4 is 0 Å². The summed E-state index contributed by atoms with van der Waals surface area (Å²) in [5.74, 6) is -0.281. The van der Waals surface area contributed by atoms with Crippen LogP contribution in [0.4, 0.5) is 0 Å². The zero-order valence-electron chi connectivity index (χ0n) is 16.3. The van der Waals surface area contributed by atoms with Gasteiger partial charge in [0.05, 0.1) is 23.4 Å². The molecule has 0 radical (unpaired) electrons. The lowest BCUT2D eigenvalue weighted by Crippen LogP contribution is -2.08. The highest BCUT2D eigenvalue weighted by atomic mass is 79.9. The third kappa shape index (κ3) is 5.41. The van der Waals surface area contributed by atoms with Crippen molar-refractivity contribution in [3.05, 3.63) is 64.6 Å². The van der Waals surface area contributed by atoms with E-state index in [4.69, 9.17) is 9.72 Å². The molecule has 0 saturated heterocycles. The molecule has 0 amide bonds.